The number of hydrogen-bond donors (Lipinski definition) is 0. The molecule has 0 fully saturated rings. The Hall–Kier alpha value is 1.10. The molecule has 0 spiro atoms. The van der Waals surface area contributed by atoms with E-state index in [0.29, 0.717) is 0 Å². The van der Waals surface area contributed by atoms with Crippen LogP contribution in [0, 0.1) is 49.4 Å². The Morgan fingerprint density at radius 3 is 0.562 bits per heavy atom. The van der Waals surface area contributed by atoms with Crippen LogP contribution in [-0.2, 0) is 31.5 Å². The maximum atomic E-state index is 10.1. The van der Waals surface area contributed by atoms with Gasteiger partial charge in [-0.05, 0) is 0 Å². The first kappa shape index (κ1) is 25.8. The van der Waals surface area contributed by atoms with E-state index in [1.165, 1.54) is 0 Å². The average Bonchev–Trinajstić information content (AvgIpc) is 1.41. The molecule has 0 saturated carbocycles. The van der Waals surface area contributed by atoms with Gasteiger partial charge in [0.1, 0.15) is 0 Å². The van der Waals surface area contributed by atoms with Gasteiger partial charge in [-0.15, -0.1) is 11.7 Å². The van der Waals surface area contributed by atoms with E-state index in [9.17, 15) is 11.7 Å². The van der Waals surface area contributed by atoms with Crippen LogP contribution in [0.2, 0.25) is 0 Å². The molecule has 0 aliphatic carbocycles. The summed E-state index contributed by atoms with van der Waals surface area (Å²) in [5.74, 6) is 0. The number of hydrogen-bond acceptors (Lipinski definition) is 9. The van der Waals surface area contributed by atoms with Crippen LogP contribution in [0.25, 0.3) is 0 Å². The van der Waals surface area contributed by atoms with Gasteiger partial charge in [0.15, 0.2) is 0 Å². The molecule has 0 aromatic heterocycles. The van der Waals surface area contributed by atoms with Crippen molar-refractivity contribution < 1.29 is 99.9 Å². The van der Waals surface area contributed by atoms with Crippen LogP contribution in [-0.4, -0.2) is 38.9 Å². The minimum absolute atomic E-state index is 0. The Morgan fingerprint density at radius 1 is 0.562 bits per heavy atom. The first-order valence-electron chi connectivity index (χ1n) is 1.96. The molecular weight excluding hydrogens is 449 g/mol. The molecule has 0 saturated heterocycles. The van der Waals surface area contributed by atoms with Gasteiger partial charge < -0.3 is 13.7 Å². The van der Waals surface area contributed by atoms with Crippen molar-refractivity contribution >= 4 is 31.5 Å². The molecule has 0 atom stereocenters. The Bertz CT molecular complexity index is 347. The average molecular weight is 449 g/mol. The molecule has 16 heavy (non-hydrogen) atoms. The van der Waals surface area contributed by atoms with Crippen molar-refractivity contribution in [1.29, 1.82) is 0 Å². The van der Waals surface area contributed by atoms with Crippen LogP contribution in [0.15, 0.2) is 0 Å². The summed E-state index contributed by atoms with van der Waals surface area (Å²) in [4.78, 5) is 0. The molecule has 0 N–H and O–H groups in total. The van der Waals surface area contributed by atoms with Gasteiger partial charge in [-0.2, -0.15) is 0 Å². The molecule has 0 aromatic carbocycles. The van der Waals surface area contributed by atoms with Crippen LogP contribution >= 0.6 is 0 Å². The predicted octanol–water partition coefficient (Wildman–Crippen LogP) is -1.75. The minimum Gasteiger partial charge on any atom is -0.722 e. The molecule has 0 unspecified atom stereocenters. The molecule has 0 aliphatic rings. The van der Waals surface area contributed by atoms with Gasteiger partial charge in [-0.25, -0.2) is 25.3 Å². The van der Waals surface area contributed by atoms with E-state index in [1.807, 2.05) is 0 Å². The van der Waals surface area contributed by atoms with Crippen LogP contribution in [0.4, 0.5) is 11.7 Å². The third-order valence-corrected chi connectivity index (χ3v) is 0. The van der Waals surface area contributed by atoms with Crippen molar-refractivity contribution in [2.45, 2.75) is 0 Å². The van der Waals surface area contributed by atoms with Gasteiger partial charge in [-0.3, -0.25) is 0 Å². The SMILES string of the molecule is O=S(=O)([O-])F.O=S(=O)([O-])F.O=S(=O)([O-])F.[Eu+3]. The predicted molar refractivity (Wildman–Crippen MR) is 32.4 cm³/mol. The van der Waals surface area contributed by atoms with Crippen molar-refractivity contribution in [3.05, 3.63) is 0 Å². The number of rotatable bonds is 0. The first-order valence-corrected chi connectivity index (χ1v) is 5.89. The zero-order valence-electron chi connectivity index (χ0n) is 6.41. The van der Waals surface area contributed by atoms with Gasteiger partial charge in [0.25, 0.3) is 31.5 Å². The largest absolute Gasteiger partial charge is 3.00 e. The second-order valence-electron chi connectivity index (χ2n) is 1.18. The van der Waals surface area contributed by atoms with Gasteiger partial charge in [0, 0.05) is 0 Å². The van der Waals surface area contributed by atoms with E-state index in [2.05, 4.69) is 0 Å². The molecule has 0 radical (unpaired) electrons. The summed E-state index contributed by atoms with van der Waals surface area (Å²) < 4.78 is 106. The van der Waals surface area contributed by atoms with Gasteiger partial charge in [-0.1, -0.05) is 0 Å². The smallest absolute Gasteiger partial charge is 0.722 e. The standard InChI is InChI=1S/Eu.3FHO3S/c;3*1-5(2,3)4/h;3*(H,2,3,4)/q+3;;;/p-3. The van der Waals surface area contributed by atoms with Crippen LogP contribution in [0.1, 0.15) is 0 Å². The van der Waals surface area contributed by atoms with Crippen LogP contribution in [0.5, 0.6) is 0 Å². The van der Waals surface area contributed by atoms with Crippen molar-refractivity contribution in [2.75, 3.05) is 0 Å². The molecule has 0 amide bonds. The summed E-state index contributed by atoms with van der Waals surface area (Å²) in [6.07, 6.45) is 0. The van der Waals surface area contributed by atoms with Crippen molar-refractivity contribution in [3.8, 4) is 0 Å². The van der Waals surface area contributed by atoms with E-state index in [0.717, 1.165) is 0 Å². The zero-order chi connectivity index (χ0) is 13.5. The van der Waals surface area contributed by atoms with Gasteiger partial charge >= 0.3 is 49.4 Å². The van der Waals surface area contributed by atoms with E-state index in [4.69, 9.17) is 38.9 Å². The molecule has 0 bridgehead atoms. The van der Waals surface area contributed by atoms with Crippen molar-refractivity contribution in [2.24, 2.45) is 0 Å². The molecule has 0 rings (SSSR count). The van der Waals surface area contributed by atoms with E-state index >= 15 is 0 Å². The monoisotopic (exact) mass is 450 g/mol. The molecule has 0 heterocycles. The Labute approximate surface area is 130 Å². The van der Waals surface area contributed by atoms with E-state index < -0.39 is 31.5 Å². The van der Waals surface area contributed by atoms with Gasteiger partial charge in [0.05, 0.1) is 0 Å². The molecule has 16 heteroatoms. The Kier molecular flexibility index (Phi) is 16.3. The van der Waals surface area contributed by atoms with E-state index in [1.54, 1.807) is 0 Å². The van der Waals surface area contributed by atoms with Gasteiger partial charge in [0.2, 0.25) is 0 Å². The fraction of sp³-hybridized carbons (Fsp3) is 0. The third-order valence-electron chi connectivity index (χ3n) is 0. The summed E-state index contributed by atoms with van der Waals surface area (Å²) in [5, 5.41) is 0. The normalized spacial score (nSPS) is 10.9. The maximum Gasteiger partial charge on any atom is 3.00 e. The molecular formula is EuF3O9S3. The maximum absolute atomic E-state index is 10.1. The zero-order valence-corrected chi connectivity index (χ0v) is 11.3. The Morgan fingerprint density at radius 2 is 0.562 bits per heavy atom. The molecule has 9 nitrogen and oxygen atoms in total. The summed E-state index contributed by atoms with van der Waals surface area (Å²) in [6, 6.07) is 0. The van der Waals surface area contributed by atoms with Crippen molar-refractivity contribution in [3.63, 3.8) is 0 Å². The summed E-state index contributed by atoms with van der Waals surface area (Å²) >= 11 is 0. The Balaban J connectivity index is -0.0000000655. The van der Waals surface area contributed by atoms with Crippen molar-refractivity contribution in [1.82, 2.24) is 0 Å². The summed E-state index contributed by atoms with van der Waals surface area (Å²) in [6.45, 7) is 0. The summed E-state index contributed by atoms with van der Waals surface area (Å²) in [5.41, 5.74) is 0. The fourth-order valence-electron chi connectivity index (χ4n) is 0. The topological polar surface area (TPSA) is 172 Å². The van der Waals surface area contributed by atoms with Crippen LogP contribution < -0.4 is 0 Å². The number of halogens is 3. The second kappa shape index (κ2) is 10.1. The fourth-order valence-corrected chi connectivity index (χ4v) is 0. The molecule has 0 aliphatic heterocycles. The van der Waals surface area contributed by atoms with Crippen LogP contribution in [0.3, 0.4) is 0 Å². The molecule has 100 valence electrons. The summed E-state index contributed by atoms with van der Waals surface area (Å²) in [7, 11) is -16.2. The van der Waals surface area contributed by atoms with E-state index in [-0.39, 0.29) is 49.4 Å². The minimum atomic E-state index is -5.42. The molecule has 0 aromatic rings. The second-order valence-corrected chi connectivity index (χ2v) is 3.54. The first-order chi connectivity index (χ1) is 6.00. The third kappa shape index (κ3) is 2460. The quantitative estimate of drug-likeness (QED) is 0.307.